The second-order valence-corrected chi connectivity index (χ2v) is 6.05. The average Bonchev–Trinajstić information content (AvgIpc) is 2.22. The Balaban J connectivity index is 2.65. The van der Waals surface area contributed by atoms with Crippen LogP contribution < -0.4 is 0 Å². The second-order valence-electron chi connectivity index (χ2n) is 4.06. The predicted molar refractivity (Wildman–Crippen MR) is 71.7 cm³/mol. The first-order chi connectivity index (χ1) is 7.91. The Labute approximate surface area is 113 Å². The molecule has 0 radical (unpaired) electrons. The van der Waals surface area contributed by atoms with Crippen molar-refractivity contribution in [3.63, 3.8) is 0 Å². The van der Waals surface area contributed by atoms with Crippen molar-refractivity contribution in [2.45, 2.75) is 24.9 Å². The van der Waals surface area contributed by atoms with E-state index in [9.17, 15) is 9.18 Å². The third-order valence-electron chi connectivity index (χ3n) is 2.26. The van der Waals surface area contributed by atoms with E-state index in [2.05, 4.69) is 15.9 Å². The minimum atomic E-state index is -0.800. The first-order valence-electron chi connectivity index (χ1n) is 5.20. The van der Waals surface area contributed by atoms with Crippen molar-refractivity contribution >= 4 is 33.7 Å². The van der Waals surface area contributed by atoms with Gasteiger partial charge < -0.3 is 5.11 Å². The molecule has 0 spiro atoms. The number of hydrogen-bond acceptors (Lipinski definition) is 2. The van der Waals surface area contributed by atoms with Crippen molar-refractivity contribution in [1.82, 2.24) is 0 Å². The van der Waals surface area contributed by atoms with E-state index in [1.165, 1.54) is 17.8 Å². The van der Waals surface area contributed by atoms with Crippen LogP contribution in [-0.2, 0) is 10.5 Å². The number of carbonyl (C=O) groups is 1. The van der Waals surface area contributed by atoms with Crippen LogP contribution in [0.25, 0.3) is 0 Å². The maximum absolute atomic E-state index is 13.0. The lowest BCUT2D eigenvalue weighted by molar-refractivity contribution is -0.137. The third kappa shape index (κ3) is 4.32. The fraction of sp³-hybridized carbons (Fsp3) is 0.417. The van der Waals surface area contributed by atoms with E-state index in [4.69, 9.17) is 5.11 Å². The molecule has 1 unspecified atom stereocenters. The molecule has 0 aromatic heterocycles. The highest BCUT2D eigenvalue weighted by molar-refractivity contribution is 9.10. The third-order valence-corrected chi connectivity index (χ3v) is 4.48. The zero-order chi connectivity index (χ0) is 13.0. The number of aliphatic carboxylic acids is 1. The molecule has 94 valence electrons. The van der Waals surface area contributed by atoms with E-state index in [1.54, 1.807) is 12.1 Å². The van der Waals surface area contributed by atoms with Crippen molar-refractivity contribution in [2.24, 2.45) is 5.92 Å². The number of halogens is 2. The maximum Gasteiger partial charge on any atom is 0.316 e. The van der Waals surface area contributed by atoms with Crippen molar-refractivity contribution in [2.75, 3.05) is 0 Å². The molecular weight excluding hydrogens is 307 g/mol. The van der Waals surface area contributed by atoms with E-state index in [1.807, 2.05) is 13.8 Å². The number of carboxylic acid groups (broad SMARTS) is 1. The Morgan fingerprint density at radius 2 is 2.18 bits per heavy atom. The Hall–Kier alpha value is -0.550. The number of benzene rings is 1. The minimum absolute atomic E-state index is 0.0707. The van der Waals surface area contributed by atoms with Crippen LogP contribution in [0.5, 0.6) is 0 Å². The SMILES string of the molecule is CC(C)C(SCc1ccc(F)c(Br)c1)C(=O)O. The first kappa shape index (κ1) is 14.5. The molecule has 0 saturated carbocycles. The van der Waals surface area contributed by atoms with Gasteiger partial charge in [0.15, 0.2) is 0 Å². The lowest BCUT2D eigenvalue weighted by atomic mass is 10.1. The summed E-state index contributed by atoms with van der Waals surface area (Å²) in [6.07, 6.45) is 0. The molecule has 1 N–H and O–H groups in total. The van der Waals surface area contributed by atoms with Gasteiger partial charge in [0, 0.05) is 5.75 Å². The highest BCUT2D eigenvalue weighted by Gasteiger charge is 2.21. The van der Waals surface area contributed by atoms with E-state index >= 15 is 0 Å². The van der Waals surface area contributed by atoms with Gasteiger partial charge in [-0.1, -0.05) is 19.9 Å². The Bertz CT molecular complexity index is 409. The highest BCUT2D eigenvalue weighted by Crippen LogP contribution is 2.26. The van der Waals surface area contributed by atoms with Crippen LogP contribution in [0.1, 0.15) is 19.4 Å². The lowest BCUT2D eigenvalue weighted by Gasteiger charge is -2.15. The Morgan fingerprint density at radius 3 is 2.65 bits per heavy atom. The molecule has 0 aliphatic rings. The molecule has 5 heteroatoms. The van der Waals surface area contributed by atoms with E-state index in [-0.39, 0.29) is 11.7 Å². The Morgan fingerprint density at radius 1 is 1.53 bits per heavy atom. The van der Waals surface area contributed by atoms with Gasteiger partial charge in [0.2, 0.25) is 0 Å². The van der Waals surface area contributed by atoms with E-state index in [0.29, 0.717) is 10.2 Å². The summed E-state index contributed by atoms with van der Waals surface area (Å²) in [6, 6.07) is 4.74. The summed E-state index contributed by atoms with van der Waals surface area (Å²) in [5.74, 6) is -0.474. The summed E-state index contributed by atoms with van der Waals surface area (Å²) in [5, 5.41) is 8.60. The molecule has 17 heavy (non-hydrogen) atoms. The highest BCUT2D eigenvalue weighted by atomic mass is 79.9. The summed E-state index contributed by atoms with van der Waals surface area (Å²) < 4.78 is 13.4. The van der Waals surface area contributed by atoms with E-state index < -0.39 is 11.2 Å². The number of thioether (sulfide) groups is 1. The molecule has 2 nitrogen and oxygen atoms in total. The summed E-state index contributed by atoms with van der Waals surface area (Å²) in [6.45, 7) is 3.76. The van der Waals surface area contributed by atoms with Crippen LogP contribution in [0.2, 0.25) is 0 Å². The van der Waals surface area contributed by atoms with Crippen LogP contribution in [0.3, 0.4) is 0 Å². The van der Waals surface area contributed by atoms with Crippen molar-refractivity contribution < 1.29 is 14.3 Å². The standard InChI is InChI=1S/C12H14BrFO2S/c1-7(2)11(12(15)16)17-6-8-3-4-10(14)9(13)5-8/h3-5,7,11H,6H2,1-2H3,(H,15,16). The van der Waals surface area contributed by atoms with E-state index in [0.717, 1.165) is 5.56 Å². The average molecular weight is 321 g/mol. The Kier molecular flexibility index (Phi) is 5.46. The molecule has 0 aliphatic heterocycles. The van der Waals surface area contributed by atoms with Crippen LogP contribution in [-0.4, -0.2) is 16.3 Å². The van der Waals surface area contributed by atoms with Crippen LogP contribution in [0, 0.1) is 11.7 Å². The molecule has 1 rings (SSSR count). The summed E-state index contributed by atoms with van der Waals surface area (Å²) in [7, 11) is 0. The van der Waals surface area contributed by atoms with Crippen molar-refractivity contribution in [1.29, 1.82) is 0 Å². The second kappa shape index (κ2) is 6.40. The van der Waals surface area contributed by atoms with Crippen LogP contribution in [0.4, 0.5) is 4.39 Å². The first-order valence-corrected chi connectivity index (χ1v) is 7.04. The summed E-state index contributed by atoms with van der Waals surface area (Å²) >= 11 is 4.47. The normalized spacial score (nSPS) is 12.8. The summed E-state index contributed by atoms with van der Waals surface area (Å²) in [5.41, 5.74) is 0.912. The molecular formula is C12H14BrFO2S. The molecule has 0 bridgehead atoms. The number of rotatable bonds is 5. The number of carboxylic acids is 1. The van der Waals surface area contributed by atoms with Crippen molar-refractivity contribution in [3.05, 3.63) is 34.1 Å². The minimum Gasteiger partial charge on any atom is -0.480 e. The van der Waals surface area contributed by atoms with Crippen LogP contribution >= 0.6 is 27.7 Å². The molecule has 1 atom stereocenters. The van der Waals surface area contributed by atoms with Crippen LogP contribution in [0.15, 0.2) is 22.7 Å². The fourth-order valence-corrected chi connectivity index (χ4v) is 2.87. The molecule has 0 heterocycles. The van der Waals surface area contributed by atoms with Gasteiger partial charge in [-0.25, -0.2) is 4.39 Å². The largest absolute Gasteiger partial charge is 0.480 e. The molecule has 1 aromatic carbocycles. The molecule has 0 fully saturated rings. The topological polar surface area (TPSA) is 37.3 Å². The van der Waals surface area contributed by atoms with Gasteiger partial charge in [0.25, 0.3) is 0 Å². The van der Waals surface area contributed by atoms with Crippen molar-refractivity contribution in [3.8, 4) is 0 Å². The summed E-state index contributed by atoms with van der Waals surface area (Å²) in [4.78, 5) is 11.0. The van der Waals surface area contributed by atoms with Gasteiger partial charge in [0.05, 0.1) is 4.47 Å². The lowest BCUT2D eigenvalue weighted by Crippen LogP contribution is -2.22. The van der Waals surface area contributed by atoms with Gasteiger partial charge >= 0.3 is 5.97 Å². The van der Waals surface area contributed by atoms with Gasteiger partial charge in [-0.3, -0.25) is 4.79 Å². The molecule has 0 saturated heterocycles. The predicted octanol–water partition coefficient (Wildman–Crippen LogP) is 3.93. The zero-order valence-electron chi connectivity index (χ0n) is 9.61. The van der Waals surface area contributed by atoms with Gasteiger partial charge in [-0.05, 0) is 39.5 Å². The fourth-order valence-electron chi connectivity index (χ4n) is 1.36. The van der Waals surface area contributed by atoms with Gasteiger partial charge in [0.1, 0.15) is 11.1 Å². The maximum atomic E-state index is 13.0. The number of hydrogen-bond donors (Lipinski definition) is 1. The zero-order valence-corrected chi connectivity index (χ0v) is 12.0. The van der Waals surface area contributed by atoms with Gasteiger partial charge in [-0.2, -0.15) is 0 Å². The smallest absolute Gasteiger partial charge is 0.316 e. The van der Waals surface area contributed by atoms with Gasteiger partial charge in [-0.15, -0.1) is 11.8 Å². The molecule has 1 aromatic rings. The molecule has 0 amide bonds. The monoisotopic (exact) mass is 320 g/mol. The quantitative estimate of drug-likeness (QED) is 0.893. The molecule has 0 aliphatic carbocycles.